The fourth-order valence-electron chi connectivity index (χ4n) is 2.71. The van der Waals surface area contributed by atoms with Gasteiger partial charge in [0.05, 0.1) is 16.3 Å². The van der Waals surface area contributed by atoms with E-state index in [4.69, 9.17) is 4.99 Å². The summed E-state index contributed by atoms with van der Waals surface area (Å²) in [5.41, 5.74) is 2.59. The summed E-state index contributed by atoms with van der Waals surface area (Å²) in [5.74, 6) is -0.0687. The Morgan fingerprint density at radius 2 is 1.59 bits per heavy atom. The zero-order chi connectivity index (χ0) is 18.6. The molecule has 0 N–H and O–H groups in total. The van der Waals surface area contributed by atoms with Gasteiger partial charge in [-0.1, -0.05) is 64.5 Å². The molecule has 0 spiro atoms. The van der Waals surface area contributed by atoms with Gasteiger partial charge < -0.3 is 0 Å². The lowest BCUT2D eigenvalue weighted by Gasteiger charge is -2.15. The number of halogens is 1. The van der Waals surface area contributed by atoms with Crippen LogP contribution in [-0.4, -0.2) is 11.1 Å². The Morgan fingerprint density at radius 3 is 2.30 bits per heavy atom. The van der Waals surface area contributed by atoms with Crippen LogP contribution in [0.2, 0.25) is 0 Å². The molecule has 27 heavy (non-hydrogen) atoms. The van der Waals surface area contributed by atoms with Gasteiger partial charge in [0.15, 0.2) is 5.17 Å². The van der Waals surface area contributed by atoms with Crippen molar-refractivity contribution < 1.29 is 4.79 Å². The molecule has 0 aliphatic carbocycles. The van der Waals surface area contributed by atoms with Crippen molar-refractivity contribution in [2.75, 3.05) is 4.90 Å². The minimum absolute atomic E-state index is 0.0687. The van der Waals surface area contributed by atoms with Crippen molar-refractivity contribution in [3.05, 3.63) is 99.9 Å². The lowest BCUT2D eigenvalue weighted by Crippen LogP contribution is -2.28. The van der Waals surface area contributed by atoms with E-state index in [-0.39, 0.29) is 5.91 Å². The summed E-state index contributed by atoms with van der Waals surface area (Å²) in [6, 6.07) is 27.2. The highest BCUT2D eigenvalue weighted by molar-refractivity contribution is 9.10. The summed E-state index contributed by atoms with van der Waals surface area (Å²) in [4.78, 5) is 20.2. The van der Waals surface area contributed by atoms with Crippen LogP contribution in [0.15, 0.2) is 99.3 Å². The third kappa shape index (κ3) is 4.04. The molecule has 0 bridgehead atoms. The van der Waals surface area contributed by atoms with E-state index in [2.05, 4.69) is 15.9 Å². The van der Waals surface area contributed by atoms with E-state index in [1.54, 1.807) is 4.90 Å². The number of aliphatic imine (C=N–C) groups is 1. The van der Waals surface area contributed by atoms with Crippen molar-refractivity contribution in [1.82, 2.24) is 0 Å². The van der Waals surface area contributed by atoms with Gasteiger partial charge in [0.2, 0.25) is 0 Å². The Morgan fingerprint density at radius 1 is 0.889 bits per heavy atom. The van der Waals surface area contributed by atoms with Crippen molar-refractivity contribution in [3.63, 3.8) is 0 Å². The number of rotatable bonds is 3. The number of carbonyl (C=O) groups is 1. The number of benzene rings is 3. The maximum atomic E-state index is 13.1. The van der Waals surface area contributed by atoms with Gasteiger partial charge >= 0.3 is 0 Å². The van der Waals surface area contributed by atoms with E-state index < -0.39 is 0 Å². The number of anilines is 1. The molecule has 3 aromatic rings. The zero-order valence-corrected chi connectivity index (χ0v) is 16.7. The molecule has 3 nitrogen and oxygen atoms in total. The van der Waals surface area contributed by atoms with Crippen LogP contribution < -0.4 is 4.90 Å². The van der Waals surface area contributed by atoms with Crippen LogP contribution in [-0.2, 0) is 4.79 Å². The van der Waals surface area contributed by atoms with Crippen LogP contribution in [0, 0.1) is 0 Å². The fraction of sp³-hybridized carbons (Fsp3) is 0. The summed E-state index contributed by atoms with van der Waals surface area (Å²) in [5, 5.41) is 0.652. The van der Waals surface area contributed by atoms with Gasteiger partial charge in [-0.2, -0.15) is 0 Å². The second-order valence-electron chi connectivity index (χ2n) is 5.87. The molecule has 3 aromatic carbocycles. The number of amidine groups is 1. The average Bonchev–Trinajstić information content (AvgIpc) is 2.98. The smallest absolute Gasteiger partial charge is 0.268 e. The van der Waals surface area contributed by atoms with Crippen LogP contribution in [0.25, 0.3) is 6.08 Å². The van der Waals surface area contributed by atoms with Crippen molar-refractivity contribution in [2.45, 2.75) is 0 Å². The van der Waals surface area contributed by atoms with Gasteiger partial charge in [-0.25, -0.2) is 4.99 Å². The van der Waals surface area contributed by atoms with Gasteiger partial charge in [-0.05, 0) is 59.8 Å². The van der Waals surface area contributed by atoms with Gasteiger partial charge in [-0.15, -0.1) is 0 Å². The molecular weight excluding hydrogens is 420 g/mol. The molecule has 1 saturated heterocycles. The Hall–Kier alpha value is -2.63. The molecular formula is C22H15BrN2OS. The monoisotopic (exact) mass is 434 g/mol. The molecule has 1 amide bonds. The quantitative estimate of drug-likeness (QED) is 0.455. The summed E-state index contributed by atoms with van der Waals surface area (Å²) in [6.45, 7) is 0. The normalized spacial score (nSPS) is 17.1. The molecule has 1 aliphatic rings. The number of thioether (sulfide) groups is 1. The second-order valence-corrected chi connectivity index (χ2v) is 7.80. The highest BCUT2D eigenvalue weighted by Gasteiger charge is 2.34. The maximum Gasteiger partial charge on any atom is 0.271 e. The maximum absolute atomic E-state index is 13.1. The molecule has 1 aliphatic heterocycles. The van der Waals surface area contributed by atoms with Crippen LogP contribution in [0.4, 0.5) is 11.4 Å². The zero-order valence-electron chi connectivity index (χ0n) is 14.2. The standard InChI is InChI=1S/C22H15BrN2OS/c23-17-9-7-8-16(14-17)15-20-21(26)25(19-12-5-2-6-13-19)22(27-20)24-18-10-3-1-4-11-18/h1-15H. The summed E-state index contributed by atoms with van der Waals surface area (Å²) >= 11 is 4.87. The number of hydrogen-bond acceptors (Lipinski definition) is 3. The van der Waals surface area contributed by atoms with E-state index in [9.17, 15) is 4.79 Å². The molecule has 4 rings (SSSR count). The van der Waals surface area contributed by atoms with Crippen molar-refractivity contribution >= 4 is 56.2 Å². The SMILES string of the molecule is O=C1C(=Cc2cccc(Br)c2)SC(=Nc2ccccc2)N1c1ccccc1. The number of carbonyl (C=O) groups excluding carboxylic acids is 1. The Labute approximate surface area is 170 Å². The highest BCUT2D eigenvalue weighted by atomic mass is 79.9. The summed E-state index contributed by atoms with van der Waals surface area (Å²) in [7, 11) is 0. The predicted octanol–water partition coefficient (Wildman–Crippen LogP) is 6.26. The highest BCUT2D eigenvalue weighted by Crippen LogP contribution is 2.37. The summed E-state index contributed by atoms with van der Waals surface area (Å²) in [6.07, 6.45) is 1.90. The predicted molar refractivity (Wildman–Crippen MR) is 117 cm³/mol. The fourth-order valence-corrected chi connectivity index (χ4v) is 4.13. The van der Waals surface area contributed by atoms with Crippen LogP contribution in [0.5, 0.6) is 0 Å². The molecule has 1 heterocycles. The number of amides is 1. The van der Waals surface area contributed by atoms with E-state index >= 15 is 0 Å². The third-order valence-electron chi connectivity index (χ3n) is 3.95. The van der Waals surface area contributed by atoms with Crippen molar-refractivity contribution in [1.29, 1.82) is 0 Å². The Balaban J connectivity index is 1.77. The third-order valence-corrected chi connectivity index (χ3v) is 5.41. The van der Waals surface area contributed by atoms with Crippen molar-refractivity contribution in [3.8, 4) is 0 Å². The topological polar surface area (TPSA) is 32.7 Å². The molecule has 0 aromatic heterocycles. The van der Waals surface area contributed by atoms with Crippen molar-refractivity contribution in [2.24, 2.45) is 4.99 Å². The molecule has 0 atom stereocenters. The minimum atomic E-state index is -0.0687. The molecule has 0 unspecified atom stereocenters. The lowest BCUT2D eigenvalue weighted by atomic mass is 10.2. The molecule has 0 radical (unpaired) electrons. The molecule has 132 valence electrons. The van der Waals surface area contributed by atoms with Crippen LogP contribution in [0.3, 0.4) is 0 Å². The summed E-state index contributed by atoms with van der Waals surface area (Å²) < 4.78 is 0.977. The number of para-hydroxylation sites is 2. The average molecular weight is 435 g/mol. The van der Waals surface area contributed by atoms with Gasteiger partial charge in [-0.3, -0.25) is 9.69 Å². The van der Waals surface area contributed by atoms with Gasteiger partial charge in [0, 0.05) is 4.47 Å². The first-order valence-corrected chi connectivity index (χ1v) is 10.00. The molecule has 1 fully saturated rings. The van der Waals surface area contributed by atoms with Crippen LogP contribution in [0.1, 0.15) is 5.56 Å². The number of hydrogen-bond donors (Lipinski definition) is 0. The first-order chi connectivity index (χ1) is 13.2. The molecule has 5 heteroatoms. The van der Waals surface area contributed by atoms with Gasteiger partial charge in [0.25, 0.3) is 5.91 Å². The second kappa shape index (κ2) is 7.94. The van der Waals surface area contributed by atoms with Crippen LogP contribution >= 0.6 is 27.7 Å². The van der Waals surface area contributed by atoms with E-state index in [0.717, 1.165) is 21.4 Å². The van der Waals surface area contributed by atoms with E-state index in [1.807, 2.05) is 91.0 Å². The first-order valence-electron chi connectivity index (χ1n) is 8.39. The Kier molecular flexibility index (Phi) is 5.23. The first kappa shape index (κ1) is 17.8. The number of nitrogens with zero attached hydrogens (tertiary/aromatic N) is 2. The minimum Gasteiger partial charge on any atom is -0.268 e. The Bertz CT molecular complexity index is 1030. The molecule has 0 saturated carbocycles. The van der Waals surface area contributed by atoms with Gasteiger partial charge in [0.1, 0.15) is 0 Å². The lowest BCUT2D eigenvalue weighted by molar-refractivity contribution is -0.113. The van der Waals surface area contributed by atoms with E-state index in [0.29, 0.717) is 10.1 Å². The van der Waals surface area contributed by atoms with E-state index in [1.165, 1.54) is 11.8 Å². The largest absolute Gasteiger partial charge is 0.271 e.